The van der Waals surface area contributed by atoms with E-state index in [1.54, 1.807) is 24.3 Å². The highest BCUT2D eigenvalue weighted by molar-refractivity contribution is 7.86. The average molecular weight is 284 g/mol. The van der Waals surface area contributed by atoms with Crippen molar-refractivity contribution in [2.45, 2.75) is 24.0 Å². The van der Waals surface area contributed by atoms with Gasteiger partial charge in [0.2, 0.25) is 0 Å². The van der Waals surface area contributed by atoms with Gasteiger partial charge in [0.25, 0.3) is 10.1 Å². The lowest BCUT2D eigenvalue weighted by atomic mass is 10.2. The molecule has 1 N–H and O–H groups in total. The molecule has 2 atom stereocenters. The van der Waals surface area contributed by atoms with E-state index in [9.17, 15) is 13.5 Å². The SMILES string of the molecule is Cc1ccc(S(=O)(=O)OC(CO)C2C=CCO2)cc1. The maximum Gasteiger partial charge on any atom is 0.297 e. The van der Waals surface area contributed by atoms with Crippen LogP contribution in [0.5, 0.6) is 0 Å². The molecule has 19 heavy (non-hydrogen) atoms. The lowest BCUT2D eigenvalue weighted by Gasteiger charge is -2.20. The lowest BCUT2D eigenvalue weighted by molar-refractivity contribution is 0.00185. The number of rotatable bonds is 5. The minimum Gasteiger partial charge on any atom is -0.394 e. The van der Waals surface area contributed by atoms with Crippen LogP contribution in [0.4, 0.5) is 0 Å². The first-order chi connectivity index (χ1) is 9.03. The van der Waals surface area contributed by atoms with Crippen LogP contribution >= 0.6 is 0 Å². The Balaban J connectivity index is 2.15. The Morgan fingerprint density at radius 2 is 2.11 bits per heavy atom. The number of hydrogen-bond acceptors (Lipinski definition) is 5. The summed E-state index contributed by atoms with van der Waals surface area (Å²) in [6.07, 6.45) is 1.98. The first-order valence-corrected chi connectivity index (χ1v) is 7.33. The van der Waals surface area contributed by atoms with Crippen molar-refractivity contribution in [2.75, 3.05) is 13.2 Å². The van der Waals surface area contributed by atoms with Crippen molar-refractivity contribution in [3.05, 3.63) is 42.0 Å². The largest absolute Gasteiger partial charge is 0.394 e. The molecule has 2 rings (SSSR count). The number of benzene rings is 1. The van der Waals surface area contributed by atoms with Crippen LogP contribution in [0.15, 0.2) is 41.3 Å². The van der Waals surface area contributed by atoms with Gasteiger partial charge in [-0.1, -0.05) is 29.8 Å². The Kier molecular flexibility index (Phi) is 4.36. The third kappa shape index (κ3) is 3.42. The number of aliphatic hydroxyl groups excluding tert-OH is 1. The summed E-state index contributed by atoms with van der Waals surface area (Å²) in [4.78, 5) is 0.0681. The van der Waals surface area contributed by atoms with Gasteiger partial charge in [0, 0.05) is 0 Å². The summed E-state index contributed by atoms with van der Waals surface area (Å²) in [6.45, 7) is 1.83. The topological polar surface area (TPSA) is 72.8 Å². The fourth-order valence-electron chi connectivity index (χ4n) is 1.76. The number of ether oxygens (including phenoxy) is 1. The van der Waals surface area contributed by atoms with Crippen molar-refractivity contribution in [3.63, 3.8) is 0 Å². The molecule has 0 spiro atoms. The minimum atomic E-state index is -3.90. The van der Waals surface area contributed by atoms with Gasteiger partial charge in [-0.15, -0.1) is 0 Å². The first kappa shape index (κ1) is 14.2. The van der Waals surface area contributed by atoms with E-state index in [1.165, 1.54) is 12.1 Å². The first-order valence-electron chi connectivity index (χ1n) is 5.92. The summed E-state index contributed by atoms with van der Waals surface area (Å²) in [7, 11) is -3.90. The molecule has 2 unspecified atom stereocenters. The summed E-state index contributed by atoms with van der Waals surface area (Å²) >= 11 is 0. The summed E-state index contributed by atoms with van der Waals surface area (Å²) in [6, 6.07) is 6.33. The molecule has 6 heteroatoms. The predicted molar refractivity (Wildman–Crippen MR) is 69.2 cm³/mol. The molecular weight excluding hydrogens is 268 g/mol. The molecule has 1 aliphatic rings. The molecule has 0 fully saturated rings. The fourth-order valence-corrected chi connectivity index (χ4v) is 2.83. The van der Waals surface area contributed by atoms with Crippen molar-refractivity contribution < 1.29 is 22.4 Å². The second kappa shape index (κ2) is 5.83. The molecule has 1 aromatic carbocycles. The van der Waals surface area contributed by atoms with Crippen LogP contribution in [0.3, 0.4) is 0 Å². The van der Waals surface area contributed by atoms with Gasteiger partial charge in [0.1, 0.15) is 12.2 Å². The van der Waals surface area contributed by atoms with E-state index in [2.05, 4.69) is 0 Å². The Bertz CT molecular complexity index is 547. The second-order valence-corrected chi connectivity index (χ2v) is 5.88. The maximum atomic E-state index is 12.1. The van der Waals surface area contributed by atoms with Crippen LogP contribution in [-0.2, 0) is 19.0 Å². The number of aliphatic hydroxyl groups is 1. The van der Waals surface area contributed by atoms with E-state index in [0.717, 1.165) is 5.56 Å². The molecule has 5 nitrogen and oxygen atoms in total. The Morgan fingerprint density at radius 3 is 2.63 bits per heavy atom. The second-order valence-electron chi connectivity index (χ2n) is 4.31. The van der Waals surface area contributed by atoms with Crippen molar-refractivity contribution in [1.82, 2.24) is 0 Å². The van der Waals surface area contributed by atoms with Crippen molar-refractivity contribution in [1.29, 1.82) is 0 Å². The van der Waals surface area contributed by atoms with Crippen LogP contribution in [0, 0.1) is 6.92 Å². The summed E-state index contributed by atoms with van der Waals surface area (Å²) in [5.74, 6) is 0. The molecule has 0 bridgehead atoms. The van der Waals surface area contributed by atoms with Crippen molar-refractivity contribution in [3.8, 4) is 0 Å². The summed E-state index contributed by atoms with van der Waals surface area (Å²) in [5.41, 5.74) is 0.958. The summed E-state index contributed by atoms with van der Waals surface area (Å²) < 4.78 is 34.4. The average Bonchev–Trinajstić information content (AvgIpc) is 2.90. The Labute approximate surface area is 112 Å². The highest BCUT2D eigenvalue weighted by Crippen LogP contribution is 2.19. The van der Waals surface area contributed by atoms with Gasteiger partial charge in [0.15, 0.2) is 0 Å². The molecule has 0 aliphatic carbocycles. The van der Waals surface area contributed by atoms with Crippen molar-refractivity contribution >= 4 is 10.1 Å². The molecule has 0 saturated carbocycles. The zero-order valence-corrected chi connectivity index (χ0v) is 11.3. The quantitative estimate of drug-likeness (QED) is 0.645. The standard InChI is InChI=1S/C13H16O5S/c1-10-4-6-11(7-5-10)19(15,16)18-13(9-14)12-3-2-8-17-12/h2-7,12-14H,8-9H2,1H3. The predicted octanol–water partition coefficient (Wildman–Crippen LogP) is 1.02. The Morgan fingerprint density at radius 1 is 1.42 bits per heavy atom. The van der Waals surface area contributed by atoms with E-state index >= 15 is 0 Å². The van der Waals surface area contributed by atoms with Gasteiger partial charge < -0.3 is 9.84 Å². The normalized spacial score (nSPS) is 20.6. The number of aryl methyl sites for hydroxylation is 1. The third-order valence-electron chi connectivity index (χ3n) is 2.82. The van der Waals surface area contributed by atoms with E-state index in [1.807, 2.05) is 6.92 Å². The molecule has 0 amide bonds. The van der Waals surface area contributed by atoms with Crippen molar-refractivity contribution in [2.24, 2.45) is 0 Å². The van der Waals surface area contributed by atoms with Gasteiger partial charge in [-0.3, -0.25) is 4.18 Å². The third-order valence-corrected chi connectivity index (χ3v) is 4.17. The van der Waals surface area contributed by atoms with Gasteiger partial charge in [-0.25, -0.2) is 0 Å². The van der Waals surface area contributed by atoms with Gasteiger partial charge in [-0.2, -0.15) is 8.42 Å². The Hall–Kier alpha value is -1.21. The summed E-state index contributed by atoms with van der Waals surface area (Å²) in [5, 5.41) is 9.24. The molecule has 1 heterocycles. The van der Waals surface area contributed by atoms with Crippen LogP contribution in [-0.4, -0.2) is 38.9 Å². The zero-order valence-electron chi connectivity index (χ0n) is 10.5. The molecule has 1 aliphatic heterocycles. The highest BCUT2D eigenvalue weighted by atomic mass is 32.2. The smallest absolute Gasteiger partial charge is 0.297 e. The molecule has 104 valence electrons. The van der Waals surface area contributed by atoms with Gasteiger partial charge >= 0.3 is 0 Å². The van der Waals surface area contributed by atoms with E-state index < -0.39 is 28.9 Å². The molecule has 1 aromatic rings. The zero-order chi connectivity index (χ0) is 13.9. The molecule has 0 saturated heterocycles. The van der Waals surface area contributed by atoms with Crippen LogP contribution < -0.4 is 0 Å². The number of hydrogen-bond donors (Lipinski definition) is 1. The van der Waals surface area contributed by atoms with Crippen LogP contribution in [0.2, 0.25) is 0 Å². The van der Waals surface area contributed by atoms with Crippen LogP contribution in [0.1, 0.15) is 5.56 Å². The fraction of sp³-hybridized carbons (Fsp3) is 0.385. The molecular formula is C13H16O5S. The van der Waals surface area contributed by atoms with Crippen LogP contribution in [0.25, 0.3) is 0 Å². The molecule has 0 aromatic heterocycles. The van der Waals surface area contributed by atoms with E-state index in [-0.39, 0.29) is 4.90 Å². The minimum absolute atomic E-state index is 0.0681. The van der Waals surface area contributed by atoms with Gasteiger partial charge in [0.05, 0.1) is 18.1 Å². The van der Waals surface area contributed by atoms with E-state index in [0.29, 0.717) is 6.61 Å². The monoisotopic (exact) mass is 284 g/mol. The van der Waals surface area contributed by atoms with E-state index in [4.69, 9.17) is 8.92 Å². The lowest BCUT2D eigenvalue weighted by Crippen LogP contribution is -2.33. The molecule has 0 radical (unpaired) electrons. The highest BCUT2D eigenvalue weighted by Gasteiger charge is 2.28. The van der Waals surface area contributed by atoms with Gasteiger partial charge in [-0.05, 0) is 19.1 Å². The maximum absolute atomic E-state index is 12.1.